The molecule has 2 fully saturated rings. The maximum atomic E-state index is 13.4. The zero-order chi connectivity index (χ0) is 20.4. The highest BCUT2D eigenvalue weighted by Gasteiger charge is 2.46. The lowest BCUT2D eigenvalue weighted by atomic mass is 9.80. The molecule has 4 rings (SSSR count). The number of methoxy groups -OCH3 is 2. The van der Waals surface area contributed by atoms with Crippen molar-refractivity contribution >= 4 is 17.5 Å². The van der Waals surface area contributed by atoms with E-state index in [0.717, 1.165) is 32.4 Å². The summed E-state index contributed by atoms with van der Waals surface area (Å²) in [6, 6.07) is 5.16. The Hall–Kier alpha value is -2.54. The van der Waals surface area contributed by atoms with Crippen LogP contribution in [0.4, 0.5) is 5.69 Å². The van der Waals surface area contributed by atoms with E-state index in [-0.39, 0.29) is 30.1 Å². The second kappa shape index (κ2) is 8.45. The second-order valence-corrected chi connectivity index (χ2v) is 7.68. The summed E-state index contributed by atoms with van der Waals surface area (Å²) in [5.74, 6) is 0.515. The zero-order valence-electron chi connectivity index (χ0n) is 17.1. The first kappa shape index (κ1) is 19.8. The second-order valence-electron chi connectivity index (χ2n) is 7.68. The van der Waals surface area contributed by atoms with Gasteiger partial charge in [-0.1, -0.05) is 6.08 Å². The van der Waals surface area contributed by atoms with Crippen molar-refractivity contribution in [3.8, 4) is 11.5 Å². The van der Waals surface area contributed by atoms with Crippen molar-refractivity contribution in [2.24, 2.45) is 11.8 Å². The summed E-state index contributed by atoms with van der Waals surface area (Å²) in [5.41, 5.74) is 1.70. The van der Waals surface area contributed by atoms with Crippen LogP contribution in [0.3, 0.4) is 0 Å². The van der Waals surface area contributed by atoms with Crippen LogP contribution in [0.25, 0.3) is 0 Å². The Balaban J connectivity index is 1.61. The monoisotopic (exact) mass is 400 g/mol. The number of rotatable bonds is 5. The third-order valence-corrected chi connectivity index (χ3v) is 6.12. The highest BCUT2D eigenvalue weighted by Crippen LogP contribution is 2.42. The molecule has 2 amide bonds. The van der Waals surface area contributed by atoms with Crippen molar-refractivity contribution in [2.75, 3.05) is 45.4 Å². The predicted octanol–water partition coefficient (Wildman–Crippen LogP) is 2.60. The molecule has 0 bridgehead atoms. The fraction of sp³-hybridized carbons (Fsp3) is 0.545. The van der Waals surface area contributed by atoms with Crippen LogP contribution in [-0.4, -0.2) is 57.2 Å². The number of hydrogen-bond donors (Lipinski definition) is 0. The molecule has 3 aliphatic rings. The molecule has 2 saturated heterocycles. The largest absolute Gasteiger partial charge is 0.497 e. The number of allylic oxidation sites excluding steroid dienone is 2. The molecule has 0 N–H and O–H groups in total. The van der Waals surface area contributed by atoms with Gasteiger partial charge < -0.3 is 19.1 Å². The van der Waals surface area contributed by atoms with E-state index in [1.807, 2.05) is 0 Å². The summed E-state index contributed by atoms with van der Waals surface area (Å²) in [4.78, 5) is 30.0. The van der Waals surface area contributed by atoms with Crippen molar-refractivity contribution in [2.45, 2.75) is 25.7 Å². The van der Waals surface area contributed by atoms with Gasteiger partial charge in [0.1, 0.15) is 11.5 Å². The summed E-state index contributed by atoms with van der Waals surface area (Å²) in [5, 5.41) is 0. The lowest BCUT2D eigenvalue weighted by molar-refractivity contribution is -0.123. The van der Waals surface area contributed by atoms with Crippen LogP contribution >= 0.6 is 0 Å². The first-order chi connectivity index (χ1) is 14.1. The molecule has 1 aromatic rings. The third-order valence-electron chi connectivity index (χ3n) is 6.12. The van der Waals surface area contributed by atoms with E-state index in [0.29, 0.717) is 30.4 Å². The van der Waals surface area contributed by atoms with E-state index in [1.165, 1.54) is 17.7 Å². The molecule has 0 radical (unpaired) electrons. The average Bonchev–Trinajstić information content (AvgIpc) is 3.07. The maximum absolute atomic E-state index is 13.4. The van der Waals surface area contributed by atoms with Crippen molar-refractivity contribution in [1.29, 1.82) is 0 Å². The van der Waals surface area contributed by atoms with Gasteiger partial charge in [0.05, 0.1) is 39.0 Å². The molecule has 0 unspecified atom stereocenters. The topological polar surface area (TPSA) is 68.3 Å². The minimum absolute atomic E-state index is 0.0764. The van der Waals surface area contributed by atoms with E-state index >= 15 is 0 Å². The minimum atomic E-state index is -0.330. The number of carbonyl (C=O) groups is 2. The van der Waals surface area contributed by atoms with Crippen LogP contribution in [0.15, 0.2) is 30.0 Å². The number of ether oxygens (including phenoxy) is 3. The number of nitrogens with zero attached hydrogens (tertiary/aromatic N) is 2. The van der Waals surface area contributed by atoms with Gasteiger partial charge in [0, 0.05) is 37.2 Å². The molecule has 1 aromatic carbocycles. The number of hydrogen-bond acceptors (Lipinski definition) is 6. The predicted molar refractivity (Wildman–Crippen MR) is 108 cm³/mol. The fourth-order valence-electron chi connectivity index (χ4n) is 4.67. The van der Waals surface area contributed by atoms with Gasteiger partial charge in [0.15, 0.2) is 0 Å². The number of anilines is 1. The smallest absolute Gasteiger partial charge is 0.238 e. The van der Waals surface area contributed by atoms with Gasteiger partial charge in [0.2, 0.25) is 11.8 Å². The number of benzene rings is 1. The number of amides is 2. The molecule has 7 nitrogen and oxygen atoms in total. The first-order valence-electron chi connectivity index (χ1n) is 10.3. The molecule has 156 valence electrons. The molecule has 0 spiro atoms. The summed E-state index contributed by atoms with van der Waals surface area (Å²) >= 11 is 0. The lowest BCUT2D eigenvalue weighted by Crippen LogP contribution is -2.41. The molecule has 0 saturated carbocycles. The highest BCUT2D eigenvalue weighted by atomic mass is 16.5. The van der Waals surface area contributed by atoms with E-state index in [2.05, 4.69) is 11.0 Å². The summed E-state index contributed by atoms with van der Waals surface area (Å²) in [7, 11) is 3.10. The summed E-state index contributed by atoms with van der Waals surface area (Å²) in [6.07, 6.45) is 5.49. The van der Waals surface area contributed by atoms with Crippen LogP contribution in [0, 0.1) is 11.8 Å². The Morgan fingerprint density at radius 1 is 1.07 bits per heavy atom. The molecular formula is C22H28N2O5. The van der Waals surface area contributed by atoms with Crippen LogP contribution in [-0.2, 0) is 14.3 Å². The van der Waals surface area contributed by atoms with Crippen molar-refractivity contribution < 1.29 is 23.8 Å². The Bertz CT molecular complexity index is 815. The molecule has 7 heteroatoms. The van der Waals surface area contributed by atoms with E-state index in [4.69, 9.17) is 14.2 Å². The quantitative estimate of drug-likeness (QED) is 0.708. The van der Waals surface area contributed by atoms with Crippen molar-refractivity contribution in [3.05, 3.63) is 30.0 Å². The average molecular weight is 400 g/mol. The van der Waals surface area contributed by atoms with E-state index in [9.17, 15) is 9.59 Å². The van der Waals surface area contributed by atoms with Gasteiger partial charge in [-0.15, -0.1) is 0 Å². The Labute approximate surface area is 171 Å². The number of carbonyl (C=O) groups excluding carboxylic acids is 2. The van der Waals surface area contributed by atoms with Gasteiger partial charge in [-0.2, -0.15) is 0 Å². The standard InChI is InChI=1S/C22H28N2O5/c1-27-15-7-8-19(20(13-15)28-2)24-21(25)14-17(22(24)26)16-5-3-4-6-18(16)23-9-11-29-12-10-23/h6-8,13,16-17H,3-5,9-12,14H2,1-2H3/t16-,17-/m0/s1. The molecule has 2 heterocycles. The number of imide groups is 1. The molecule has 0 aromatic heterocycles. The molecule has 1 aliphatic carbocycles. The van der Waals surface area contributed by atoms with Gasteiger partial charge in [-0.3, -0.25) is 9.59 Å². The Kier molecular flexibility index (Phi) is 5.76. The molecule has 2 aliphatic heterocycles. The Morgan fingerprint density at radius 2 is 1.86 bits per heavy atom. The van der Waals surface area contributed by atoms with E-state index < -0.39 is 0 Å². The Morgan fingerprint density at radius 3 is 2.59 bits per heavy atom. The van der Waals surface area contributed by atoms with Gasteiger partial charge in [-0.05, 0) is 31.4 Å². The maximum Gasteiger partial charge on any atom is 0.238 e. The molecular weight excluding hydrogens is 372 g/mol. The van der Waals surface area contributed by atoms with Crippen LogP contribution in [0.2, 0.25) is 0 Å². The van der Waals surface area contributed by atoms with Crippen LogP contribution in [0.1, 0.15) is 25.7 Å². The fourth-order valence-corrected chi connectivity index (χ4v) is 4.67. The molecule has 2 atom stereocenters. The summed E-state index contributed by atoms with van der Waals surface area (Å²) in [6.45, 7) is 3.09. The van der Waals surface area contributed by atoms with Crippen LogP contribution in [0.5, 0.6) is 11.5 Å². The van der Waals surface area contributed by atoms with Gasteiger partial charge in [-0.25, -0.2) is 4.90 Å². The zero-order valence-corrected chi connectivity index (χ0v) is 17.1. The van der Waals surface area contributed by atoms with Gasteiger partial charge >= 0.3 is 0 Å². The number of morpholine rings is 1. The molecule has 29 heavy (non-hydrogen) atoms. The third kappa shape index (κ3) is 3.71. The normalized spacial score (nSPS) is 25.2. The highest BCUT2D eigenvalue weighted by molar-refractivity contribution is 6.21. The van der Waals surface area contributed by atoms with Crippen molar-refractivity contribution in [3.63, 3.8) is 0 Å². The first-order valence-corrected chi connectivity index (χ1v) is 10.3. The lowest BCUT2D eigenvalue weighted by Gasteiger charge is -2.38. The van der Waals surface area contributed by atoms with Crippen LogP contribution < -0.4 is 14.4 Å². The minimum Gasteiger partial charge on any atom is -0.497 e. The summed E-state index contributed by atoms with van der Waals surface area (Å²) < 4.78 is 16.2. The SMILES string of the molecule is COc1ccc(N2C(=O)C[C@@H]([C@@H]3CCCC=C3N3CCOCC3)C2=O)c(OC)c1. The van der Waals surface area contributed by atoms with E-state index in [1.54, 1.807) is 25.3 Å². The van der Waals surface area contributed by atoms with Crippen molar-refractivity contribution in [1.82, 2.24) is 4.90 Å². The van der Waals surface area contributed by atoms with Gasteiger partial charge in [0.25, 0.3) is 0 Å².